The van der Waals surface area contributed by atoms with Gasteiger partial charge in [-0.05, 0) is 42.0 Å². The van der Waals surface area contributed by atoms with Crippen molar-refractivity contribution < 1.29 is 9.59 Å². The lowest BCUT2D eigenvalue weighted by Gasteiger charge is -2.28. The molecule has 3 aromatic rings. The number of carbonyl (C=O) groups excluding carboxylic acids is 2. The minimum absolute atomic E-state index is 0.0910. The van der Waals surface area contributed by atoms with E-state index in [9.17, 15) is 9.59 Å². The summed E-state index contributed by atoms with van der Waals surface area (Å²) < 4.78 is 0. The molecule has 0 bridgehead atoms. The Kier molecular flexibility index (Phi) is 5.95. The van der Waals surface area contributed by atoms with Crippen molar-refractivity contribution in [3.8, 4) is 0 Å². The van der Waals surface area contributed by atoms with E-state index in [1.807, 2.05) is 36.5 Å². The molecule has 4 N–H and O–H groups in total. The first-order valence-corrected chi connectivity index (χ1v) is 11.6. The summed E-state index contributed by atoms with van der Waals surface area (Å²) in [5.41, 5.74) is 4.49. The van der Waals surface area contributed by atoms with Crippen LogP contribution in [0.3, 0.4) is 0 Å². The van der Waals surface area contributed by atoms with E-state index in [4.69, 9.17) is 0 Å². The summed E-state index contributed by atoms with van der Waals surface area (Å²) in [7, 11) is 0. The van der Waals surface area contributed by atoms with Crippen molar-refractivity contribution in [2.24, 2.45) is 0 Å². The molecule has 6 nitrogen and oxygen atoms in total. The van der Waals surface area contributed by atoms with E-state index in [1.165, 1.54) is 11.1 Å². The lowest BCUT2D eigenvalue weighted by Crippen LogP contribution is -2.55. The van der Waals surface area contributed by atoms with Crippen molar-refractivity contribution in [2.75, 3.05) is 0 Å². The lowest BCUT2D eigenvalue weighted by atomic mass is 9.95. The van der Waals surface area contributed by atoms with Gasteiger partial charge in [0.25, 0.3) is 0 Å². The van der Waals surface area contributed by atoms with Crippen molar-refractivity contribution in [3.63, 3.8) is 0 Å². The molecule has 0 spiro atoms. The number of carbonyl (C=O) groups is 2. The average Bonchev–Trinajstić information content (AvgIpc) is 3.48. The summed E-state index contributed by atoms with van der Waals surface area (Å²) in [6, 6.07) is 15.5. The standard InChI is InChI=1S/C26H30N4O2/c31-25(23-13-17-7-1-2-8-18(17)15-28-23)30-24(26(32)29-20-9-3-4-10-20)14-19-16-27-22-12-6-5-11-21(19)22/h1-2,5-8,11-12,16,20,23-24,27-28H,3-4,9-10,13-15H2,(H,29,32)(H,30,31). The Hall–Kier alpha value is -3.12. The Bertz CT molecular complexity index is 1120. The van der Waals surface area contributed by atoms with Gasteiger partial charge in [0.1, 0.15) is 6.04 Å². The van der Waals surface area contributed by atoms with Gasteiger partial charge in [-0.25, -0.2) is 0 Å². The van der Waals surface area contributed by atoms with Crippen molar-refractivity contribution in [2.45, 2.75) is 63.2 Å². The number of nitrogens with one attached hydrogen (secondary N) is 4. The van der Waals surface area contributed by atoms with Crippen molar-refractivity contribution in [3.05, 3.63) is 71.4 Å². The predicted octanol–water partition coefficient (Wildman–Crippen LogP) is 2.97. The molecule has 1 aromatic heterocycles. The van der Waals surface area contributed by atoms with Crippen LogP contribution in [0.4, 0.5) is 0 Å². The molecular formula is C26H30N4O2. The monoisotopic (exact) mass is 430 g/mol. The molecule has 1 aliphatic carbocycles. The van der Waals surface area contributed by atoms with Gasteiger partial charge < -0.3 is 20.9 Å². The van der Waals surface area contributed by atoms with E-state index in [0.29, 0.717) is 19.4 Å². The third-order valence-electron chi connectivity index (χ3n) is 6.83. The molecule has 2 heterocycles. The Morgan fingerprint density at radius 1 is 1.00 bits per heavy atom. The fourth-order valence-corrected chi connectivity index (χ4v) is 5.01. The quantitative estimate of drug-likeness (QED) is 0.485. The van der Waals surface area contributed by atoms with Crippen LogP contribution in [0.15, 0.2) is 54.7 Å². The molecule has 32 heavy (non-hydrogen) atoms. The number of amides is 2. The Morgan fingerprint density at radius 3 is 2.59 bits per heavy atom. The van der Waals surface area contributed by atoms with E-state index >= 15 is 0 Å². The van der Waals surface area contributed by atoms with E-state index in [1.54, 1.807) is 0 Å². The van der Waals surface area contributed by atoms with Crippen molar-refractivity contribution in [1.29, 1.82) is 0 Å². The van der Waals surface area contributed by atoms with Crippen LogP contribution in [0.25, 0.3) is 10.9 Å². The summed E-state index contributed by atoms with van der Waals surface area (Å²) in [6.07, 6.45) is 7.36. The van der Waals surface area contributed by atoms with Gasteiger partial charge in [0.2, 0.25) is 11.8 Å². The van der Waals surface area contributed by atoms with Crippen LogP contribution in [0.1, 0.15) is 42.4 Å². The summed E-state index contributed by atoms with van der Waals surface area (Å²) >= 11 is 0. The SMILES string of the molecule is O=C(NC(Cc1c[nH]c2ccccc12)C(=O)NC1CCCC1)C1Cc2ccccc2CN1. The van der Waals surface area contributed by atoms with Crippen LogP contribution in [0, 0.1) is 0 Å². The number of rotatable bonds is 6. The zero-order chi connectivity index (χ0) is 21.9. The summed E-state index contributed by atoms with van der Waals surface area (Å²) in [6.45, 7) is 0.662. The highest BCUT2D eigenvalue weighted by Crippen LogP contribution is 2.21. The molecule has 5 rings (SSSR count). The van der Waals surface area contributed by atoms with E-state index in [-0.39, 0.29) is 23.9 Å². The molecule has 1 aliphatic heterocycles. The highest BCUT2D eigenvalue weighted by Gasteiger charge is 2.30. The zero-order valence-electron chi connectivity index (χ0n) is 18.2. The van der Waals surface area contributed by atoms with Gasteiger partial charge >= 0.3 is 0 Å². The van der Waals surface area contributed by atoms with Gasteiger partial charge in [-0.15, -0.1) is 0 Å². The highest BCUT2D eigenvalue weighted by molar-refractivity contribution is 5.91. The topological polar surface area (TPSA) is 86.0 Å². The summed E-state index contributed by atoms with van der Waals surface area (Å²) in [5.74, 6) is -0.211. The fraction of sp³-hybridized carbons (Fsp3) is 0.385. The molecule has 6 heteroatoms. The minimum atomic E-state index is -0.610. The fourth-order valence-electron chi connectivity index (χ4n) is 5.01. The Balaban J connectivity index is 1.33. The molecule has 2 aromatic carbocycles. The van der Waals surface area contributed by atoms with Crippen molar-refractivity contribution >= 4 is 22.7 Å². The second-order valence-electron chi connectivity index (χ2n) is 9.02. The maximum Gasteiger partial charge on any atom is 0.243 e. The first kappa shape index (κ1) is 20.8. The molecule has 2 unspecified atom stereocenters. The largest absolute Gasteiger partial charge is 0.361 e. The number of benzene rings is 2. The van der Waals surface area contributed by atoms with E-state index in [0.717, 1.165) is 42.1 Å². The van der Waals surface area contributed by atoms with Crippen molar-refractivity contribution in [1.82, 2.24) is 20.9 Å². The maximum absolute atomic E-state index is 13.2. The maximum atomic E-state index is 13.2. The van der Waals surface area contributed by atoms with Gasteiger partial charge in [-0.2, -0.15) is 0 Å². The Morgan fingerprint density at radius 2 is 1.75 bits per heavy atom. The second kappa shape index (κ2) is 9.17. The smallest absolute Gasteiger partial charge is 0.243 e. The minimum Gasteiger partial charge on any atom is -0.361 e. The van der Waals surface area contributed by atoms with Crippen LogP contribution in [-0.4, -0.2) is 34.9 Å². The first-order valence-electron chi connectivity index (χ1n) is 11.6. The molecule has 0 radical (unpaired) electrons. The average molecular weight is 431 g/mol. The molecule has 2 amide bonds. The number of para-hydroxylation sites is 1. The van der Waals surface area contributed by atoms with Crippen LogP contribution in [0.5, 0.6) is 0 Å². The number of hydrogen-bond acceptors (Lipinski definition) is 3. The number of aromatic amines is 1. The normalized spacial score (nSPS) is 19.4. The Labute approximate surface area is 188 Å². The molecule has 166 valence electrons. The van der Waals surface area contributed by atoms with Crippen LogP contribution >= 0.6 is 0 Å². The van der Waals surface area contributed by atoms with E-state index in [2.05, 4.69) is 39.1 Å². The number of aromatic nitrogens is 1. The van der Waals surface area contributed by atoms with Gasteiger partial charge in [-0.1, -0.05) is 55.3 Å². The van der Waals surface area contributed by atoms with Crippen LogP contribution in [0.2, 0.25) is 0 Å². The molecular weight excluding hydrogens is 400 g/mol. The van der Waals surface area contributed by atoms with Gasteiger partial charge in [0.05, 0.1) is 6.04 Å². The molecule has 1 saturated carbocycles. The second-order valence-corrected chi connectivity index (χ2v) is 9.02. The van der Waals surface area contributed by atoms with E-state index < -0.39 is 6.04 Å². The van der Waals surface area contributed by atoms with Gasteiger partial charge in [0, 0.05) is 36.1 Å². The predicted molar refractivity (Wildman–Crippen MR) is 125 cm³/mol. The highest BCUT2D eigenvalue weighted by atomic mass is 16.2. The molecule has 1 fully saturated rings. The summed E-state index contributed by atoms with van der Waals surface area (Å²) in [4.78, 5) is 29.7. The summed E-state index contributed by atoms with van der Waals surface area (Å²) in [5, 5.41) is 10.7. The van der Waals surface area contributed by atoms with Gasteiger partial charge in [0.15, 0.2) is 0 Å². The van der Waals surface area contributed by atoms with Crippen LogP contribution in [-0.2, 0) is 29.0 Å². The molecule has 2 atom stereocenters. The third-order valence-corrected chi connectivity index (χ3v) is 6.83. The number of hydrogen-bond donors (Lipinski definition) is 4. The lowest BCUT2D eigenvalue weighted by molar-refractivity contribution is -0.130. The zero-order valence-corrected chi connectivity index (χ0v) is 18.2. The molecule has 2 aliphatic rings. The number of H-pyrrole nitrogens is 1. The van der Waals surface area contributed by atoms with Gasteiger partial charge in [-0.3, -0.25) is 9.59 Å². The third kappa shape index (κ3) is 4.41. The molecule has 0 saturated heterocycles. The van der Waals surface area contributed by atoms with Crippen LogP contribution < -0.4 is 16.0 Å². The number of fused-ring (bicyclic) bond motifs is 2. The first-order chi connectivity index (χ1) is 15.7.